The predicted molar refractivity (Wildman–Crippen MR) is 74.3 cm³/mol. The van der Waals surface area contributed by atoms with Crippen molar-refractivity contribution in [2.45, 2.75) is 39.9 Å². The maximum absolute atomic E-state index is 4.43. The molecule has 0 radical (unpaired) electrons. The van der Waals surface area contributed by atoms with Crippen LogP contribution in [0, 0.1) is 0 Å². The van der Waals surface area contributed by atoms with Gasteiger partial charge < -0.3 is 9.88 Å². The Hall–Kier alpha value is -1.61. The van der Waals surface area contributed by atoms with E-state index in [2.05, 4.69) is 53.2 Å². The summed E-state index contributed by atoms with van der Waals surface area (Å²) in [6, 6.07) is 6.32. The van der Waals surface area contributed by atoms with Crippen LogP contribution in [0.4, 0.5) is 0 Å². The second kappa shape index (κ2) is 6.36. The summed E-state index contributed by atoms with van der Waals surface area (Å²) in [6.07, 6.45) is 7.21. The first-order valence-corrected chi connectivity index (χ1v) is 6.61. The fourth-order valence-electron chi connectivity index (χ4n) is 2.07. The molecule has 0 bridgehead atoms. The van der Waals surface area contributed by atoms with E-state index in [-0.39, 0.29) is 0 Å². The molecule has 0 saturated carbocycles. The Bertz CT molecular complexity index is 488. The number of aromatic nitrogens is 2. The number of hydrogen-bond donors (Lipinski definition) is 1. The lowest BCUT2D eigenvalue weighted by molar-refractivity contribution is 0.670. The molecule has 2 rings (SSSR count). The number of hydrogen-bond acceptors (Lipinski definition) is 2. The Balaban J connectivity index is 1.88. The van der Waals surface area contributed by atoms with E-state index in [0.717, 1.165) is 31.7 Å². The van der Waals surface area contributed by atoms with Gasteiger partial charge in [0.2, 0.25) is 0 Å². The van der Waals surface area contributed by atoms with Crippen molar-refractivity contribution in [3.8, 4) is 0 Å². The zero-order valence-electron chi connectivity index (χ0n) is 11.2. The molecule has 0 saturated heterocycles. The Morgan fingerprint density at radius 1 is 1.22 bits per heavy atom. The van der Waals surface area contributed by atoms with Gasteiger partial charge in [-0.3, -0.25) is 4.98 Å². The summed E-state index contributed by atoms with van der Waals surface area (Å²) >= 11 is 0. The minimum atomic E-state index is 0.835. The zero-order valence-corrected chi connectivity index (χ0v) is 11.2. The molecule has 2 heterocycles. The second-order valence-electron chi connectivity index (χ2n) is 4.42. The maximum Gasteiger partial charge on any atom is 0.0573 e. The lowest BCUT2D eigenvalue weighted by atomic mass is 10.1. The highest BCUT2D eigenvalue weighted by Gasteiger charge is 2.01. The zero-order chi connectivity index (χ0) is 12.8. The van der Waals surface area contributed by atoms with E-state index in [1.54, 1.807) is 0 Å². The minimum absolute atomic E-state index is 0.835. The fraction of sp³-hybridized carbons (Fsp3) is 0.400. The topological polar surface area (TPSA) is 29.9 Å². The molecule has 0 fully saturated rings. The lowest BCUT2D eigenvalue weighted by Gasteiger charge is -2.07. The molecule has 0 aromatic carbocycles. The van der Waals surface area contributed by atoms with Gasteiger partial charge in [-0.2, -0.15) is 0 Å². The van der Waals surface area contributed by atoms with Crippen LogP contribution in [0.5, 0.6) is 0 Å². The van der Waals surface area contributed by atoms with E-state index in [4.69, 9.17) is 0 Å². The largest absolute Gasteiger partial charge is 0.354 e. The molecule has 18 heavy (non-hydrogen) atoms. The maximum atomic E-state index is 4.43. The molecule has 3 nitrogen and oxygen atoms in total. The molecule has 3 heteroatoms. The van der Waals surface area contributed by atoms with Gasteiger partial charge in [0, 0.05) is 38.2 Å². The number of nitrogens with zero attached hydrogens (tertiary/aromatic N) is 2. The molecule has 1 N–H and O–H groups in total. The monoisotopic (exact) mass is 243 g/mol. The van der Waals surface area contributed by atoms with Crippen LogP contribution in [0.15, 0.2) is 36.8 Å². The van der Waals surface area contributed by atoms with Gasteiger partial charge in [0.1, 0.15) is 0 Å². The van der Waals surface area contributed by atoms with Crippen LogP contribution in [-0.4, -0.2) is 9.55 Å². The summed E-state index contributed by atoms with van der Waals surface area (Å²) in [5, 5.41) is 3.45. The first-order valence-electron chi connectivity index (χ1n) is 6.61. The van der Waals surface area contributed by atoms with Crippen LogP contribution in [0.3, 0.4) is 0 Å². The van der Waals surface area contributed by atoms with Crippen LogP contribution < -0.4 is 5.32 Å². The second-order valence-corrected chi connectivity index (χ2v) is 4.42. The molecule has 0 aliphatic rings. The summed E-state index contributed by atoms with van der Waals surface area (Å²) in [6.45, 7) is 7.08. The highest BCUT2D eigenvalue weighted by molar-refractivity contribution is 5.19. The molecular formula is C15H21N3. The van der Waals surface area contributed by atoms with E-state index in [0.29, 0.717) is 0 Å². The molecule has 96 valence electrons. The molecular weight excluding hydrogens is 222 g/mol. The summed E-state index contributed by atoms with van der Waals surface area (Å²) in [5.74, 6) is 0. The minimum Gasteiger partial charge on any atom is -0.354 e. The van der Waals surface area contributed by atoms with Gasteiger partial charge in [0.15, 0.2) is 0 Å². The number of pyridine rings is 1. The Morgan fingerprint density at radius 2 is 2.11 bits per heavy atom. The quantitative estimate of drug-likeness (QED) is 0.845. The average molecular weight is 243 g/mol. The van der Waals surface area contributed by atoms with Crippen LogP contribution in [0.25, 0.3) is 0 Å². The number of nitrogens with one attached hydrogen (secondary N) is 1. The van der Waals surface area contributed by atoms with Gasteiger partial charge in [-0.1, -0.05) is 13.0 Å². The van der Waals surface area contributed by atoms with E-state index < -0.39 is 0 Å². The Morgan fingerprint density at radius 3 is 2.83 bits per heavy atom. The third kappa shape index (κ3) is 3.20. The van der Waals surface area contributed by atoms with Gasteiger partial charge in [0.05, 0.1) is 5.69 Å². The number of rotatable bonds is 6. The van der Waals surface area contributed by atoms with E-state index in [1.165, 1.54) is 11.1 Å². The van der Waals surface area contributed by atoms with Crippen molar-refractivity contribution < 1.29 is 0 Å². The van der Waals surface area contributed by atoms with Gasteiger partial charge in [-0.25, -0.2) is 0 Å². The van der Waals surface area contributed by atoms with Crippen LogP contribution in [0.2, 0.25) is 0 Å². The first kappa shape index (κ1) is 12.8. The number of aryl methyl sites for hydroxylation is 2. The summed E-state index contributed by atoms with van der Waals surface area (Å²) in [4.78, 5) is 4.43. The molecule has 0 unspecified atom stereocenters. The van der Waals surface area contributed by atoms with E-state index in [1.807, 2.05) is 12.3 Å². The lowest BCUT2D eigenvalue weighted by Crippen LogP contribution is -2.14. The normalized spacial score (nSPS) is 10.8. The molecule has 0 amide bonds. The fourth-order valence-corrected chi connectivity index (χ4v) is 2.07. The highest BCUT2D eigenvalue weighted by atomic mass is 14.9. The Kier molecular flexibility index (Phi) is 4.53. The van der Waals surface area contributed by atoms with Gasteiger partial charge in [-0.05, 0) is 36.6 Å². The van der Waals surface area contributed by atoms with Crippen molar-refractivity contribution in [1.29, 1.82) is 0 Å². The Labute approximate surface area is 109 Å². The standard InChI is InChI=1S/C15H21N3/c1-3-14-6-5-8-17-15(14)11-16-10-13-7-9-18(4-2)12-13/h5-9,12,16H,3-4,10-11H2,1-2H3. The summed E-state index contributed by atoms with van der Waals surface area (Å²) in [7, 11) is 0. The molecule has 0 atom stereocenters. The predicted octanol–water partition coefficient (Wildman–Crippen LogP) is 2.76. The molecule has 2 aromatic heterocycles. The van der Waals surface area contributed by atoms with Gasteiger partial charge in [0.25, 0.3) is 0 Å². The molecule has 0 aliphatic heterocycles. The van der Waals surface area contributed by atoms with Crippen molar-refractivity contribution in [2.24, 2.45) is 0 Å². The van der Waals surface area contributed by atoms with Crippen LogP contribution >= 0.6 is 0 Å². The third-order valence-electron chi connectivity index (χ3n) is 3.16. The SMILES string of the molecule is CCc1cccnc1CNCc1ccn(CC)c1. The highest BCUT2D eigenvalue weighted by Crippen LogP contribution is 2.06. The molecule has 2 aromatic rings. The molecule has 0 aliphatic carbocycles. The molecule has 0 spiro atoms. The van der Waals surface area contributed by atoms with Crippen molar-refractivity contribution >= 4 is 0 Å². The summed E-state index contributed by atoms with van der Waals surface area (Å²) < 4.78 is 2.19. The van der Waals surface area contributed by atoms with E-state index in [9.17, 15) is 0 Å². The van der Waals surface area contributed by atoms with Gasteiger partial charge >= 0.3 is 0 Å². The van der Waals surface area contributed by atoms with Crippen LogP contribution in [-0.2, 0) is 26.1 Å². The van der Waals surface area contributed by atoms with Crippen molar-refractivity contribution in [1.82, 2.24) is 14.9 Å². The smallest absolute Gasteiger partial charge is 0.0573 e. The first-order chi connectivity index (χ1) is 8.83. The van der Waals surface area contributed by atoms with Crippen molar-refractivity contribution in [3.05, 3.63) is 53.6 Å². The summed E-state index contributed by atoms with van der Waals surface area (Å²) in [5.41, 5.74) is 3.82. The van der Waals surface area contributed by atoms with E-state index >= 15 is 0 Å². The van der Waals surface area contributed by atoms with Crippen LogP contribution in [0.1, 0.15) is 30.7 Å². The average Bonchev–Trinajstić information content (AvgIpc) is 2.87. The van der Waals surface area contributed by atoms with Gasteiger partial charge in [-0.15, -0.1) is 0 Å². The third-order valence-corrected chi connectivity index (χ3v) is 3.16. The van der Waals surface area contributed by atoms with Crippen molar-refractivity contribution in [3.63, 3.8) is 0 Å². The van der Waals surface area contributed by atoms with Crippen molar-refractivity contribution in [2.75, 3.05) is 0 Å².